The van der Waals surface area contributed by atoms with Crippen molar-refractivity contribution in [3.8, 4) is 0 Å². The highest BCUT2D eigenvalue weighted by Crippen LogP contribution is 2.17. The van der Waals surface area contributed by atoms with Crippen molar-refractivity contribution >= 4 is 26.0 Å². The molecule has 2 aromatic carbocycles. The van der Waals surface area contributed by atoms with Crippen LogP contribution in [-0.4, -0.2) is 15.5 Å². The number of sulfonamides is 1. The van der Waals surface area contributed by atoms with E-state index in [1.807, 2.05) is 43.4 Å². The van der Waals surface area contributed by atoms with Crippen molar-refractivity contribution < 1.29 is 8.42 Å². The lowest BCUT2D eigenvalue weighted by molar-refractivity contribution is 0.581. The minimum Gasteiger partial charge on any atom is -0.316 e. The Morgan fingerprint density at radius 1 is 1.00 bits per heavy atom. The van der Waals surface area contributed by atoms with Crippen molar-refractivity contribution in [2.45, 2.75) is 18.0 Å². The van der Waals surface area contributed by atoms with Crippen molar-refractivity contribution in [3.05, 3.63) is 64.1 Å². The van der Waals surface area contributed by atoms with E-state index in [1.54, 1.807) is 12.1 Å². The summed E-state index contributed by atoms with van der Waals surface area (Å²) in [6.07, 6.45) is 0. The molecule has 21 heavy (non-hydrogen) atoms. The van der Waals surface area contributed by atoms with E-state index in [1.165, 1.54) is 0 Å². The van der Waals surface area contributed by atoms with Gasteiger partial charge in [-0.2, -0.15) is 0 Å². The first-order valence-corrected chi connectivity index (χ1v) is 8.77. The van der Waals surface area contributed by atoms with Gasteiger partial charge in [0.2, 0.25) is 10.0 Å². The van der Waals surface area contributed by atoms with Crippen LogP contribution in [0, 0.1) is 0 Å². The van der Waals surface area contributed by atoms with Gasteiger partial charge in [-0.25, -0.2) is 13.1 Å². The molecule has 0 aromatic heterocycles. The first-order chi connectivity index (χ1) is 10.0. The van der Waals surface area contributed by atoms with Gasteiger partial charge >= 0.3 is 0 Å². The molecule has 0 saturated carbocycles. The predicted molar refractivity (Wildman–Crippen MR) is 87.4 cm³/mol. The molecule has 0 unspecified atom stereocenters. The zero-order valence-electron chi connectivity index (χ0n) is 11.6. The Morgan fingerprint density at radius 2 is 1.67 bits per heavy atom. The van der Waals surface area contributed by atoms with Crippen LogP contribution in [-0.2, 0) is 23.1 Å². The van der Waals surface area contributed by atoms with Gasteiger partial charge in [0.1, 0.15) is 0 Å². The second-order valence-corrected chi connectivity index (χ2v) is 7.21. The lowest BCUT2D eigenvalue weighted by Crippen LogP contribution is -2.23. The van der Waals surface area contributed by atoms with Crippen LogP contribution in [0.5, 0.6) is 0 Å². The third-order valence-corrected chi connectivity index (χ3v) is 5.22. The van der Waals surface area contributed by atoms with Crippen LogP contribution >= 0.6 is 15.9 Å². The molecule has 0 fully saturated rings. The monoisotopic (exact) mass is 368 g/mol. The molecule has 0 aliphatic carbocycles. The van der Waals surface area contributed by atoms with Crippen LogP contribution in [0.2, 0.25) is 0 Å². The van der Waals surface area contributed by atoms with Crippen LogP contribution < -0.4 is 10.0 Å². The minimum absolute atomic E-state index is 0.252. The number of hydrogen-bond donors (Lipinski definition) is 2. The molecule has 2 aromatic rings. The highest BCUT2D eigenvalue weighted by molar-refractivity contribution is 9.10. The van der Waals surface area contributed by atoms with Gasteiger partial charge in [0.15, 0.2) is 0 Å². The van der Waals surface area contributed by atoms with E-state index in [2.05, 4.69) is 26.0 Å². The normalized spacial score (nSPS) is 11.5. The minimum atomic E-state index is -3.50. The van der Waals surface area contributed by atoms with Crippen molar-refractivity contribution in [3.63, 3.8) is 0 Å². The first-order valence-electron chi connectivity index (χ1n) is 6.49. The zero-order chi connectivity index (χ0) is 15.3. The largest absolute Gasteiger partial charge is 0.316 e. The van der Waals surface area contributed by atoms with Crippen LogP contribution in [0.25, 0.3) is 0 Å². The molecule has 0 bridgehead atoms. The Kier molecular flexibility index (Phi) is 5.52. The number of nitrogens with one attached hydrogen (secondary N) is 2. The molecule has 4 nitrogen and oxygen atoms in total. The fourth-order valence-corrected chi connectivity index (χ4v) is 3.32. The molecule has 6 heteroatoms. The summed E-state index contributed by atoms with van der Waals surface area (Å²) >= 11 is 3.41. The molecule has 2 N–H and O–H groups in total. The lowest BCUT2D eigenvalue weighted by Gasteiger charge is -2.09. The van der Waals surface area contributed by atoms with Gasteiger partial charge in [0, 0.05) is 17.6 Å². The predicted octanol–water partition coefficient (Wildman–Crippen LogP) is 2.65. The van der Waals surface area contributed by atoms with Crippen LogP contribution in [0.1, 0.15) is 11.1 Å². The van der Waals surface area contributed by atoms with Gasteiger partial charge in [-0.1, -0.05) is 46.3 Å². The van der Waals surface area contributed by atoms with Gasteiger partial charge in [-0.05, 0) is 36.4 Å². The molecule has 112 valence electrons. The Hall–Kier alpha value is -1.21. The molecular formula is C15H17BrN2O2S. The molecule has 0 saturated heterocycles. The molecule has 0 aliphatic heterocycles. The Labute approximate surface area is 133 Å². The molecule has 0 atom stereocenters. The lowest BCUT2D eigenvalue weighted by atomic mass is 10.2. The number of hydrogen-bond acceptors (Lipinski definition) is 3. The third kappa shape index (κ3) is 4.38. The standard InChI is InChI=1S/C15H17BrN2O2S/c1-17-10-12-6-8-14(9-7-12)21(19,20)18-11-13-4-2-3-5-15(13)16/h2-9,17-18H,10-11H2,1H3. The summed E-state index contributed by atoms with van der Waals surface area (Å²) in [5.74, 6) is 0. The highest BCUT2D eigenvalue weighted by atomic mass is 79.9. The fraction of sp³-hybridized carbons (Fsp3) is 0.200. The summed E-state index contributed by atoms with van der Waals surface area (Å²) in [7, 11) is -1.65. The molecule has 0 radical (unpaired) electrons. The summed E-state index contributed by atoms with van der Waals surface area (Å²) in [4.78, 5) is 0.273. The summed E-state index contributed by atoms with van der Waals surface area (Å²) < 4.78 is 28.0. The number of halogens is 1. The van der Waals surface area contributed by atoms with Gasteiger partial charge in [-0.3, -0.25) is 0 Å². The van der Waals surface area contributed by atoms with Gasteiger partial charge in [0.25, 0.3) is 0 Å². The van der Waals surface area contributed by atoms with E-state index in [4.69, 9.17) is 0 Å². The molecular weight excluding hydrogens is 352 g/mol. The maximum absolute atomic E-state index is 12.2. The first kappa shape index (κ1) is 16.2. The van der Waals surface area contributed by atoms with Crippen molar-refractivity contribution in [1.82, 2.24) is 10.0 Å². The van der Waals surface area contributed by atoms with Gasteiger partial charge < -0.3 is 5.32 Å². The van der Waals surface area contributed by atoms with Gasteiger partial charge in [0.05, 0.1) is 4.90 Å². The van der Waals surface area contributed by atoms with Crippen molar-refractivity contribution in [1.29, 1.82) is 0 Å². The highest BCUT2D eigenvalue weighted by Gasteiger charge is 2.14. The zero-order valence-corrected chi connectivity index (χ0v) is 14.0. The maximum atomic E-state index is 12.2. The van der Waals surface area contributed by atoms with Crippen LogP contribution in [0.15, 0.2) is 57.9 Å². The Bertz CT molecular complexity index is 700. The summed E-state index contributed by atoms with van der Waals surface area (Å²) in [5, 5.41) is 3.02. The average molecular weight is 369 g/mol. The number of benzene rings is 2. The second kappa shape index (κ2) is 7.17. The SMILES string of the molecule is CNCc1ccc(S(=O)(=O)NCc2ccccc2Br)cc1. The van der Waals surface area contributed by atoms with Gasteiger partial charge in [-0.15, -0.1) is 0 Å². The van der Waals surface area contributed by atoms with Crippen molar-refractivity contribution in [2.24, 2.45) is 0 Å². The Balaban J connectivity index is 2.09. The molecule has 0 amide bonds. The topological polar surface area (TPSA) is 58.2 Å². The molecule has 0 spiro atoms. The molecule has 2 rings (SSSR count). The molecule has 0 heterocycles. The van der Waals surface area contributed by atoms with Crippen molar-refractivity contribution in [2.75, 3.05) is 7.05 Å². The maximum Gasteiger partial charge on any atom is 0.240 e. The smallest absolute Gasteiger partial charge is 0.240 e. The van der Waals surface area contributed by atoms with E-state index < -0.39 is 10.0 Å². The quantitative estimate of drug-likeness (QED) is 0.823. The summed E-state index contributed by atoms with van der Waals surface area (Å²) in [6.45, 7) is 0.965. The van der Waals surface area contributed by atoms with Crippen LogP contribution in [0.3, 0.4) is 0 Å². The summed E-state index contributed by atoms with van der Waals surface area (Å²) in [6, 6.07) is 14.4. The fourth-order valence-electron chi connectivity index (χ4n) is 1.89. The van der Waals surface area contributed by atoms with Crippen LogP contribution in [0.4, 0.5) is 0 Å². The Morgan fingerprint density at radius 3 is 2.29 bits per heavy atom. The summed E-state index contributed by atoms with van der Waals surface area (Å²) in [5.41, 5.74) is 1.94. The number of rotatable bonds is 6. The third-order valence-electron chi connectivity index (χ3n) is 3.03. The van der Waals surface area contributed by atoms with E-state index >= 15 is 0 Å². The van der Waals surface area contributed by atoms with E-state index in [0.29, 0.717) is 6.54 Å². The van der Waals surface area contributed by atoms with E-state index in [9.17, 15) is 8.42 Å². The molecule has 0 aliphatic rings. The van der Waals surface area contributed by atoms with E-state index in [-0.39, 0.29) is 11.4 Å². The van der Waals surface area contributed by atoms with E-state index in [0.717, 1.165) is 15.6 Å². The second-order valence-electron chi connectivity index (χ2n) is 4.59. The average Bonchev–Trinajstić information content (AvgIpc) is 2.47.